The minimum atomic E-state index is -0.813. The van der Waals surface area contributed by atoms with Crippen molar-refractivity contribution in [3.05, 3.63) is 48.0 Å². The summed E-state index contributed by atoms with van der Waals surface area (Å²) >= 11 is 0. The summed E-state index contributed by atoms with van der Waals surface area (Å²) in [7, 11) is 0. The van der Waals surface area contributed by atoms with Gasteiger partial charge in [0.25, 0.3) is 0 Å². The summed E-state index contributed by atoms with van der Waals surface area (Å²) in [6.45, 7) is 3.53. The van der Waals surface area contributed by atoms with Crippen LogP contribution in [-0.4, -0.2) is 42.6 Å². The van der Waals surface area contributed by atoms with Crippen molar-refractivity contribution >= 4 is 12.3 Å². The third-order valence-electron chi connectivity index (χ3n) is 3.66. The molecule has 0 aromatic heterocycles. The Morgan fingerprint density at radius 2 is 1.96 bits per heavy atom. The van der Waals surface area contributed by atoms with Crippen LogP contribution in [0.25, 0.3) is 0 Å². The Kier molecular flexibility index (Phi) is 4.30. The summed E-state index contributed by atoms with van der Waals surface area (Å²) < 4.78 is 22.7. The van der Waals surface area contributed by atoms with Gasteiger partial charge in [0.2, 0.25) is 0 Å². The lowest BCUT2D eigenvalue weighted by Gasteiger charge is -2.24. The highest BCUT2D eigenvalue weighted by atomic mass is 16.8. The van der Waals surface area contributed by atoms with Crippen molar-refractivity contribution in [2.45, 2.75) is 44.2 Å². The van der Waals surface area contributed by atoms with Crippen molar-refractivity contribution < 1.29 is 28.5 Å². The van der Waals surface area contributed by atoms with Gasteiger partial charge in [0, 0.05) is 0 Å². The van der Waals surface area contributed by atoms with Crippen LogP contribution < -0.4 is 0 Å². The second-order valence-electron chi connectivity index (χ2n) is 5.83. The number of hydrogen-bond donors (Lipinski definition) is 0. The van der Waals surface area contributed by atoms with Gasteiger partial charge in [-0.3, -0.25) is 4.79 Å². The first-order valence-electron chi connectivity index (χ1n) is 7.39. The van der Waals surface area contributed by atoms with Crippen LogP contribution in [-0.2, 0) is 23.7 Å². The van der Waals surface area contributed by atoms with Crippen LogP contribution in [0.2, 0.25) is 0 Å². The van der Waals surface area contributed by atoms with E-state index in [0.29, 0.717) is 11.8 Å². The van der Waals surface area contributed by atoms with Gasteiger partial charge in [-0.05, 0) is 38.1 Å². The number of rotatable bonds is 4. The number of carbonyl (C=O) groups excluding carboxylic acids is 2. The fraction of sp³-hybridized carbons (Fsp3) is 0.412. The standard InChI is InChI=1S/C17H18O6/c1-17(2)22-14-13(12(9-6-10-18)20-16(14)23-17)21-15(19)11-7-4-3-5-8-11/h3-10,12-14,16H,1-2H3/b9-6+/t12-,13-,14-,16-/m1/s1. The molecular formula is C17H18O6. The van der Waals surface area contributed by atoms with Crippen LogP contribution in [0, 0.1) is 0 Å². The molecule has 0 saturated carbocycles. The molecule has 0 bridgehead atoms. The van der Waals surface area contributed by atoms with E-state index in [2.05, 4.69) is 0 Å². The molecule has 1 aromatic carbocycles. The van der Waals surface area contributed by atoms with Gasteiger partial charge in [-0.25, -0.2) is 4.79 Å². The fourth-order valence-electron chi connectivity index (χ4n) is 2.71. The van der Waals surface area contributed by atoms with Crippen LogP contribution in [0.1, 0.15) is 24.2 Å². The summed E-state index contributed by atoms with van der Waals surface area (Å²) in [5.74, 6) is -1.29. The number of ether oxygens (including phenoxy) is 4. The molecule has 0 spiro atoms. The van der Waals surface area contributed by atoms with Crippen molar-refractivity contribution in [2.24, 2.45) is 0 Å². The number of esters is 1. The molecule has 2 saturated heterocycles. The van der Waals surface area contributed by atoms with Gasteiger partial charge in [0.05, 0.1) is 5.56 Å². The monoisotopic (exact) mass is 318 g/mol. The molecule has 0 N–H and O–H groups in total. The molecule has 0 radical (unpaired) electrons. The smallest absolute Gasteiger partial charge is 0.338 e. The molecule has 6 heteroatoms. The second-order valence-corrected chi connectivity index (χ2v) is 5.83. The van der Waals surface area contributed by atoms with Crippen molar-refractivity contribution in [1.82, 2.24) is 0 Å². The maximum Gasteiger partial charge on any atom is 0.338 e. The molecule has 0 amide bonds. The highest BCUT2D eigenvalue weighted by Crippen LogP contribution is 2.39. The fourth-order valence-corrected chi connectivity index (χ4v) is 2.71. The molecule has 2 aliphatic heterocycles. The number of aldehydes is 1. The molecular weight excluding hydrogens is 300 g/mol. The number of fused-ring (bicyclic) bond motifs is 1. The van der Waals surface area contributed by atoms with E-state index in [1.54, 1.807) is 38.1 Å². The zero-order chi connectivity index (χ0) is 16.4. The van der Waals surface area contributed by atoms with E-state index in [-0.39, 0.29) is 0 Å². The number of benzene rings is 1. The Labute approximate surface area is 134 Å². The zero-order valence-electron chi connectivity index (χ0n) is 12.9. The van der Waals surface area contributed by atoms with Crippen molar-refractivity contribution in [2.75, 3.05) is 0 Å². The largest absolute Gasteiger partial charge is 0.453 e. The second kappa shape index (κ2) is 6.23. The summed E-state index contributed by atoms with van der Waals surface area (Å²) in [5.41, 5.74) is 0.437. The van der Waals surface area contributed by atoms with E-state index in [1.165, 1.54) is 12.2 Å². The van der Waals surface area contributed by atoms with Crippen LogP contribution >= 0.6 is 0 Å². The van der Waals surface area contributed by atoms with Crippen molar-refractivity contribution in [3.8, 4) is 0 Å². The summed E-state index contributed by atoms with van der Waals surface area (Å²) in [5, 5.41) is 0. The van der Waals surface area contributed by atoms with Gasteiger partial charge in [-0.15, -0.1) is 0 Å². The topological polar surface area (TPSA) is 71.1 Å². The Bertz CT molecular complexity index is 609. The number of carbonyl (C=O) groups is 2. The van der Waals surface area contributed by atoms with Gasteiger partial charge >= 0.3 is 5.97 Å². The average Bonchev–Trinajstić information content (AvgIpc) is 2.99. The predicted octanol–water partition coefficient (Wildman–Crippen LogP) is 1.84. The normalized spacial score (nSPS) is 31.9. The first-order valence-corrected chi connectivity index (χ1v) is 7.39. The van der Waals surface area contributed by atoms with Gasteiger partial charge in [-0.2, -0.15) is 0 Å². The van der Waals surface area contributed by atoms with E-state index in [4.69, 9.17) is 18.9 Å². The van der Waals surface area contributed by atoms with E-state index in [0.717, 1.165) is 0 Å². The van der Waals surface area contributed by atoms with Crippen LogP contribution in [0.5, 0.6) is 0 Å². The Hall–Kier alpha value is -2.02. The lowest BCUT2D eigenvalue weighted by molar-refractivity contribution is -0.209. The maximum atomic E-state index is 12.3. The highest BCUT2D eigenvalue weighted by Gasteiger charge is 2.55. The Morgan fingerprint density at radius 1 is 1.22 bits per heavy atom. The van der Waals surface area contributed by atoms with E-state index in [9.17, 15) is 9.59 Å². The lowest BCUT2D eigenvalue weighted by Crippen LogP contribution is -2.37. The van der Waals surface area contributed by atoms with Crippen LogP contribution in [0.3, 0.4) is 0 Å². The van der Waals surface area contributed by atoms with Gasteiger partial charge in [0.15, 0.2) is 24.3 Å². The Morgan fingerprint density at radius 3 is 2.65 bits per heavy atom. The SMILES string of the molecule is CC1(C)O[C@H]2O[C@H](/C=C/C=O)[C@@H](OC(=O)c3ccccc3)[C@H]2O1. The molecule has 1 aromatic rings. The molecule has 23 heavy (non-hydrogen) atoms. The third kappa shape index (κ3) is 3.34. The summed E-state index contributed by atoms with van der Waals surface area (Å²) in [6, 6.07) is 8.67. The average molecular weight is 318 g/mol. The quantitative estimate of drug-likeness (QED) is 0.479. The van der Waals surface area contributed by atoms with E-state index < -0.39 is 36.4 Å². The van der Waals surface area contributed by atoms with Gasteiger partial charge in [0.1, 0.15) is 12.4 Å². The minimum Gasteiger partial charge on any atom is -0.453 e. The molecule has 2 aliphatic rings. The molecule has 4 atom stereocenters. The Balaban J connectivity index is 1.79. The molecule has 3 rings (SSSR count). The van der Waals surface area contributed by atoms with Crippen molar-refractivity contribution in [3.63, 3.8) is 0 Å². The molecule has 0 aliphatic carbocycles. The van der Waals surface area contributed by atoms with Crippen LogP contribution in [0.4, 0.5) is 0 Å². The summed E-state index contributed by atoms with van der Waals surface area (Å²) in [4.78, 5) is 22.9. The van der Waals surface area contributed by atoms with E-state index >= 15 is 0 Å². The lowest BCUT2D eigenvalue weighted by atomic mass is 10.1. The molecule has 2 fully saturated rings. The molecule has 122 valence electrons. The predicted molar refractivity (Wildman–Crippen MR) is 79.5 cm³/mol. The first-order chi connectivity index (χ1) is 11.0. The van der Waals surface area contributed by atoms with Crippen LogP contribution in [0.15, 0.2) is 42.5 Å². The first kappa shape index (κ1) is 15.9. The van der Waals surface area contributed by atoms with Crippen molar-refractivity contribution in [1.29, 1.82) is 0 Å². The van der Waals surface area contributed by atoms with Gasteiger partial charge < -0.3 is 18.9 Å². The number of hydrogen-bond acceptors (Lipinski definition) is 6. The zero-order valence-corrected chi connectivity index (χ0v) is 12.9. The third-order valence-corrected chi connectivity index (χ3v) is 3.66. The molecule has 2 heterocycles. The van der Waals surface area contributed by atoms with Gasteiger partial charge in [-0.1, -0.05) is 18.2 Å². The highest BCUT2D eigenvalue weighted by molar-refractivity contribution is 5.89. The maximum absolute atomic E-state index is 12.3. The molecule has 0 unspecified atom stereocenters. The number of allylic oxidation sites excluding steroid dienone is 1. The summed E-state index contributed by atoms with van der Waals surface area (Å²) in [6.07, 6.45) is 1.01. The molecule has 6 nitrogen and oxygen atoms in total. The minimum absolute atomic E-state index is 0.437. The van der Waals surface area contributed by atoms with E-state index in [1.807, 2.05) is 6.07 Å².